The highest BCUT2D eigenvalue weighted by Gasteiger charge is 2.20. The zero-order valence-electron chi connectivity index (χ0n) is 16.2. The van der Waals surface area contributed by atoms with Crippen LogP contribution < -0.4 is 5.32 Å². The molecule has 0 aliphatic carbocycles. The summed E-state index contributed by atoms with van der Waals surface area (Å²) in [5, 5.41) is 15.1. The molecule has 0 radical (unpaired) electrons. The first-order valence-corrected chi connectivity index (χ1v) is 9.72. The number of amides is 1. The lowest BCUT2D eigenvalue weighted by molar-refractivity contribution is -0.141. The maximum Gasteiger partial charge on any atom is 0.308 e. The van der Waals surface area contributed by atoms with E-state index in [0.29, 0.717) is 17.4 Å². The summed E-state index contributed by atoms with van der Waals surface area (Å²) in [5.74, 6) is -2.37. The highest BCUT2D eigenvalue weighted by Crippen LogP contribution is 2.20. The van der Waals surface area contributed by atoms with Crippen LogP contribution >= 0.6 is 0 Å². The van der Waals surface area contributed by atoms with Gasteiger partial charge in [0.05, 0.1) is 12.3 Å². The average molecular weight is 404 g/mol. The largest absolute Gasteiger partial charge is 0.481 e. The van der Waals surface area contributed by atoms with Gasteiger partial charge in [0.1, 0.15) is 5.82 Å². The molecule has 30 heavy (non-hydrogen) atoms. The van der Waals surface area contributed by atoms with E-state index in [2.05, 4.69) is 10.3 Å². The van der Waals surface area contributed by atoms with Gasteiger partial charge in [-0.25, -0.2) is 4.39 Å². The van der Waals surface area contributed by atoms with Crippen LogP contribution in [0.15, 0.2) is 66.9 Å². The lowest BCUT2D eigenvalue weighted by Crippen LogP contribution is -2.34. The Hall–Kier alpha value is -3.67. The minimum atomic E-state index is -0.961. The molecule has 152 valence electrons. The van der Waals surface area contributed by atoms with Gasteiger partial charge in [-0.1, -0.05) is 42.5 Å². The van der Waals surface area contributed by atoms with E-state index in [9.17, 15) is 19.1 Å². The lowest BCUT2D eigenvalue weighted by Gasteiger charge is -2.14. The number of nitrogens with one attached hydrogen (secondary N) is 2. The van der Waals surface area contributed by atoms with Gasteiger partial charge in [-0.3, -0.25) is 9.59 Å². The first-order chi connectivity index (χ1) is 14.5. The maximum atomic E-state index is 13.5. The Morgan fingerprint density at radius 2 is 1.83 bits per heavy atom. The predicted octanol–water partition coefficient (Wildman–Crippen LogP) is 4.06. The molecule has 0 bridgehead atoms. The van der Waals surface area contributed by atoms with Gasteiger partial charge in [0, 0.05) is 23.6 Å². The quantitative estimate of drug-likeness (QED) is 0.434. The molecule has 0 aliphatic rings. The van der Waals surface area contributed by atoms with Crippen molar-refractivity contribution in [2.24, 2.45) is 5.92 Å². The van der Waals surface area contributed by atoms with Crippen molar-refractivity contribution in [3.8, 4) is 0 Å². The van der Waals surface area contributed by atoms with Crippen molar-refractivity contribution in [1.82, 2.24) is 10.3 Å². The number of halogens is 1. The smallest absolute Gasteiger partial charge is 0.308 e. The highest BCUT2D eigenvalue weighted by molar-refractivity contribution is 5.89. The standard InChI is InChI=1S/C24H21FN2O3/c25-20-7-8-22-21(12-20)18(13-26-22)11-23(28)27-14-19(24(29)30)10-15-5-6-16-3-1-2-4-17(16)9-15/h1-9,12-13,19,26H,10-11,14H2,(H,27,28)(H,29,30). The molecule has 1 atom stereocenters. The molecule has 6 heteroatoms. The number of H-pyrrole nitrogens is 1. The molecule has 3 N–H and O–H groups in total. The zero-order valence-corrected chi connectivity index (χ0v) is 16.2. The van der Waals surface area contributed by atoms with E-state index < -0.39 is 11.9 Å². The summed E-state index contributed by atoms with van der Waals surface area (Å²) < 4.78 is 13.5. The number of aromatic amines is 1. The van der Waals surface area contributed by atoms with Crippen molar-refractivity contribution in [2.45, 2.75) is 12.8 Å². The number of hydrogen-bond acceptors (Lipinski definition) is 2. The molecule has 0 spiro atoms. The van der Waals surface area contributed by atoms with Crippen molar-refractivity contribution in [3.63, 3.8) is 0 Å². The normalized spacial score (nSPS) is 12.2. The van der Waals surface area contributed by atoms with E-state index in [0.717, 1.165) is 21.9 Å². The number of hydrogen-bond donors (Lipinski definition) is 3. The molecular weight excluding hydrogens is 383 g/mol. The number of carbonyl (C=O) groups excluding carboxylic acids is 1. The summed E-state index contributed by atoms with van der Waals surface area (Å²) in [5.41, 5.74) is 2.32. The second-order valence-electron chi connectivity index (χ2n) is 7.41. The van der Waals surface area contributed by atoms with Crippen LogP contribution in [0.25, 0.3) is 21.7 Å². The van der Waals surface area contributed by atoms with Crippen molar-refractivity contribution in [3.05, 3.63) is 83.8 Å². The summed E-state index contributed by atoms with van der Waals surface area (Å²) in [6.45, 7) is 0.0255. The van der Waals surface area contributed by atoms with E-state index in [1.54, 1.807) is 12.3 Å². The van der Waals surface area contributed by atoms with Crippen LogP contribution in [0, 0.1) is 11.7 Å². The molecule has 1 heterocycles. The maximum absolute atomic E-state index is 13.5. The number of carbonyl (C=O) groups is 2. The van der Waals surface area contributed by atoms with Crippen molar-refractivity contribution >= 4 is 33.6 Å². The molecule has 1 amide bonds. The van der Waals surface area contributed by atoms with E-state index >= 15 is 0 Å². The number of carboxylic acids is 1. The summed E-state index contributed by atoms with van der Waals surface area (Å²) in [6.07, 6.45) is 2.04. The predicted molar refractivity (Wildman–Crippen MR) is 114 cm³/mol. The molecule has 1 aromatic heterocycles. The third kappa shape index (κ3) is 4.33. The van der Waals surface area contributed by atoms with Crippen molar-refractivity contribution in [2.75, 3.05) is 6.54 Å². The van der Waals surface area contributed by atoms with Gasteiger partial charge in [0.25, 0.3) is 0 Å². The lowest BCUT2D eigenvalue weighted by atomic mass is 9.97. The Morgan fingerprint density at radius 1 is 1.03 bits per heavy atom. The molecule has 1 unspecified atom stereocenters. The summed E-state index contributed by atoms with van der Waals surface area (Å²) in [4.78, 5) is 27.1. The summed E-state index contributed by atoms with van der Waals surface area (Å²) in [7, 11) is 0. The Balaban J connectivity index is 1.41. The second kappa shape index (κ2) is 8.37. The third-order valence-electron chi connectivity index (χ3n) is 5.27. The third-order valence-corrected chi connectivity index (χ3v) is 5.27. The van der Waals surface area contributed by atoms with Gasteiger partial charge >= 0.3 is 5.97 Å². The topological polar surface area (TPSA) is 82.2 Å². The number of fused-ring (bicyclic) bond motifs is 2. The molecule has 0 saturated carbocycles. The molecule has 4 rings (SSSR count). The van der Waals surface area contributed by atoms with Crippen LogP contribution in [0.3, 0.4) is 0 Å². The average Bonchev–Trinajstić information content (AvgIpc) is 3.12. The van der Waals surface area contributed by atoms with E-state index in [1.165, 1.54) is 12.1 Å². The molecule has 4 aromatic rings. The number of aliphatic carboxylic acids is 1. The van der Waals surface area contributed by atoms with Gasteiger partial charge in [-0.15, -0.1) is 0 Å². The van der Waals surface area contributed by atoms with Crippen LogP contribution in [0.4, 0.5) is 4.39 Å². The van der Waals surface area contributed by atoms with Gasteiger partial charge < -0.3 is 15.4 Å². The molecule has 3 aromatic carbocycles. The Bertz CT molecular complexity index is 1230. The van der Waals surface area contributed by atoms with E-state index in [1.807, 2.05) is 42.5 Å². The molecule has 5 nitrogen and oxygen atoms in total. The number of benzene rings is 3. The van der Waals surface area contributed by atoms with Crippen LogP contribution in [0.1, 0.15) is 11.1 Å². The van der Waals surface area contributed by atoms with Crippen LogP contribution in [-0.2, 0) is 22.4 Å². The van der Waals surface area contributed by atoms with Gasteiger partial charge in [-0.05, 0) is 46.5 Å². The first-order valence-electron chi connectivity index (χ1n) is 9.72. The molecular formula is C24H21FN2O3. The van der Waals surface area contributed by atoms with Crippen LogP contribution in [-0.4, -0.2) is 28.5 Å². The van der Waals surface area contributed by atoms with Gasteiger partial charge in [-0.2, -0.15) is 0 Å². The van der Waals surface area contributed by atoms with E-state index in [4.69, 9.17) is 0 Å². The van der Waals surface area contributed by atoms with Crippen molar-refractivity contribution in [1.29, 1.82) is 0 Å². The zero-order chi connectivity index (χ0) is 21.1. The fourth-order valence-electron chi connectivity index (χ4n) is 3.67. The van der Waals surface area contributed by atoms with E-state index in [-0.39, 0.29) is 24.7 Å². The number of carboxylic acid groups (broad SMARTS) is 1. The monoisotopic (exact) mass is 404 g/mol. The SMILES string of the molecule is O=C(Cc1c[nH]c2ccc(F)cc12)NCC(Cc1ccc2ccccc2c1)C(=O)O. The molecule has 0 saturated heterocycles. The Kier molecular flexibility index (Phi) is 5.48. The molecule has 0 fully saturated rings. The Labute approximate surface area is 172 Å². The Morgan fingerprint density at radius 3 is 2.63 bits per heavy atom. The second-order valence-corrected chi connectivity index (χ2v) is 7.41. The van der Waals surface area contributed by atoms with Gasteiger partial charge in [0.15, 0.2) is 0 Å². The minimum absolute atomic E-state index is 0.0255. The number of aromatic nitrogens is 1. The fourth-order valence-corrected chi connectivity index (χ4v) is 3.67. The van der Waals surface area contributed by atoms with Gasteiger partial charge in [0.2, 0.25) is 5.91 Å². The summed E-state index contributed by atoms with van der Waals surface area (Å²) in [6, 6.07) is 18.1. The fraction of sp³-hybridized carbons (Fsp3) is 0.167. The van der Waals surface area contributed by atoms with Crippen LogP contribution in [0.2, 0.25) is 0 Å². The molecule has 0 aliphatic heterocycles. The van der Waals surface area contributed by atoms with Crippen molar-refractivity contribution < 1.29 is 19.1 Å². The first kappa shape index (κ1) is 19.6. The minimum Gasteiger partial charge on any atom is -0.481 e. The van der Waals surface area contributed by atoms with Crippen LogP contribution in [0.5, 0.6) is 0 Å². The highest BCUT2D eigenvalue weighted by atomic mass is 19.1. The number of rotatable bonds is 7. The summed E-state index contributed by atoms with van der Waals surface area (Å²) >= 11 is 0.